The van der Waals surface area contributed by atoms with Crippen molar-refractivity contribution < 1.29 is 4.79 Å². The van der Waals surface area contributed by atoms with Gasteiger partial charge in [0, 0.05) is 11.1 Å². The molecule has 1 aromatic heterocycles. The molecule has 0 atom stereocenters. The highest BCUT2D eigenvalue weighted by atomic mass is 32.1. The van der Waals surface area contributed by atoms with E-state index in [4.69, 9.17) is 12.2 Å². The molecular weight excluding hydrogens is 330 g/mol. The van der Waals surface area contributed by atoms with E-state index in [-0.39, 0.29) is 0 Å². The van der Waals surface area contributed by atoms with Gasteiger partial charge in [-0.2, -0.15) is 5.10 Å². The molecule has 1 N–H and O–H groups in total. The van der Waals surface area contributed by atoms with Gasteiger partial charge in [0.05, 0.1) is 5.69 Å². The predicted molar refractivity (Wildman–Crippen MR) is 105 cm³/mol. The number of rotatable bonds is 4. The zero-order chi connectivity index (χ0) is 18.4. The first kappa shape index (κ1) is 18.8. The van der Waals surface area contributed by atoms with Crippen LogP contribution in [0.25, 0.3) is 17.1 Å². The lowest BCUT2D eigenvalue weighted by molar-refractivity contribution is 0.112. The minimum absolute atomic E-state index is 0.545. The highest BCUT2D eigenvalue weighted by Crippen LogP contribution is 2.24. The van der Waals surface area contributed by atoms with Crippen LogP contribution >= 0.6 is 12.2 Å². The van der Waals surface area contributed by atoms with Gasteiger partial charge in [-0.15, -0.1) is 0 Å². The van der Waals surface area contributed by atoms with Gasteiger partial charge in [-0.05, 0) is 54.9 Å². The summed E-state index contributed by atoms with van der Waals surface area (Å²) < 4.78 is 2.46. The van der Waals surface area contributed by atoms with E-state index < -0.39 is 0 Å². The fourth-order valence-electron chi connectivity index (χ4n) is 2.66. The number of aldehydes is 1. The average molecular weight is 353 g/mol. The number of nitrogens with one attached hydrogen (secondary N) is 1. The van der Waals surface area contributed by atoms with Gasteiger partial charge in [0.25, 0.3) is 0 Å². The number of aryl methyl sites for hydroxylation is 2. The Kier molecular flexibility index (Phi) is 6.42. The Hall–Kier alpha value is -2.53. The maximum absolute atomic E-state index is 11.1. The van der Waals surface area contributed by atoms with Crippen molar-refractivity contribution in [3.8, 4) is 17.1 Å². The van der Waals surface area contributed by atoms with Crippen LogP contribution in [0.1, 0.15) is 42.3 Å². The molecule has 0 saturated heterocycles. The molecule has 0 unspecified atom stereocenters. The first-order valence-electron chi connectivity index (χ1n) is 8.47. The molecule has 4 nitrogen and oxygen atoms in total. The summed E-state index contributed by atoms with van der Waals surface area (Å²) >= 11 is 5.40. The second-order valence-corrected chi connectivity index (χ2v) is 5.80. The standard InChI is InChI=1S/C18H17N3OS.C2H6/c1-3-13-10-14(7-8-15(13)11-22)17-19-20-18(23)21(17)16-6-4-5-12(2)9-16;1-2/h4-11H,3H2,1-2H3,(H,20,23);1-2H3. The Bertz CT molecular complexity index is 925. The molecule has 0 amide bonds. The summed E-state index contributed by atoms with van der Waals surface area (Å²) in [5.74, 6) is 0.743. The molecule has 25 heavy (non-hydrogen) atoms. The van der Waals surface area contributed by atoms with Gasteiger partial charge in [0.15, 0.2) is 10.6 Å². The second kappa shape index (κ2) is 8.53. The lowest BCUT2D eigenvalue weighted by Crippen LogP contribution is -1.99. The molecule has 0 radical (unpaired) electrons. The van der Waals surface area contributed by atoms with Gasteiger partial charge < -0.3 is 0 Å². The Labute approximate surface area is 153 Å². The lowest BCUT2D eigenvalue weighted by atomic mass is 10.0. The molecule has 5 heteroatoms. The monoisotopic (exact) mass is 353 g/mol. The zero-order valence-corrected chi connectivity index (χ0v) is 15.9. The predicted octanol–water partition coefficient (Wildman–Crippen LogP) is 5.31. The van der Waals surface area contributed by atoms with Crippen molar-refractivity contribution in [2.75, 3.05) is 0 Å². The molecule has 2 aromatic carbocycles. The largest absolute Gasteiger partial charge is 0.298 e. The maximum atomic E-state index is 11.1. The number of nitrogens with zero attached hydrogens (tertiary/aromatic N) is 2. The molecule has 0 aliphatic heterocycles. The van der Waals surface area contributed by atoms with Crippen LogP contribution in [0.5, 0.6) is 0 Å². The molecule has 0 bridgehead atoms. The van der Waals surface area contributed by atoms with Crippen molar-refractivity contribution in [3.63, 3.8) is 0 Å². The third-order valence-corrected chi connectivity index (χ3v) is 4.12. The Morgan fingerprint density at radius 1 is 1.20 bits per heavy atom. The third-order valence-electron chi connectivity index (χ3n) is 3.84. The number of carbonyl (C=O) groups excluding carboxylic acids is 1. The van der Waals surface area contributed by atoms with Crippen molar-refractivity contribution in [2.45, 2.75) is 34.1 Å². The number of H-pyrrole nitrogens is 1. The van der Waals surface area contributed by atoms with E-state index in [1.807, 2.05) is 68.7 Å². The summed E-state index contributed by atoms with van der Waals surface area (Å²) in [4.78, 5) is 11.1. The van der Waals surface area contributed by atoms with Gasteiger partial charge in [0.2, 0.25) is 0 Å². The highest BCUT2D eigenvalue weighted by molar-refractivity contribution is 7.71. The van der Waals surface area contributed by atoms with E-state index in [0.29, 0.717) is 10.3 Å². The highest BCUT2D eigenvalue weighted by Gasteiger charge is 2.12. The molecule has 0 spiro atoms. The normalized spacial score (nSPS) is 10.1. The van der Waals surface area contributed by atoms with E-state index >= 15 is 0 Å². The number of hydrogen-bond acceptors (Lipinski definition) is 3. The summed E-state index contributed by atoms with van der Waals surface area (Å²) in [6.07, 6.45) is 1.68. The summed E-state index contributed by atoms with van der Waals surface area (Å²) in [5, 5.41) is 7.25. The molecule has 0 fully saturated rings. The van der Waals surface area contributed by atoms with E-state index in [1.165, 1.54) is 0 Å². The minimum Gasteiger partial charge on any atom is -0.298 e. The Morgan fingerprint density at radius 3 is 2.60 bits per heavy atom. The fourth-order valence-corrected chi connectivity index (χ4v) is 2.90. The van der Waals surface area contributed by atoms with Gasteiger partial charge in [-0.3, -0.25) is 14.5 Å². The van der Waals surface area contributed by atoms with Crippen LogP contribution in [0.4, 0.5) is 0 Å². The van der Waals surface area contributed by atoms with Crippen LogP contribution in [0.3, 0.4) is 0 Å². The van der Waals surface area contributed by atoms with Crippen molar-refractivity contribution >= 4 is 18.5 Å². The molecule has 3 aromatic rings. The first-order chi connectivity index (χ1) is 12.1. The number of hydrogen-bond donors (Lipinski definition) is 1. The number of aromatic nitrogens is 3. The quantitative estimate of drug-likeness (QED) is 0.511. The van der Waals surface area contributed by atoms with E-state index in [0.717, 1.165) is 40.9 Å². The third kappa shape index (κ3) is 3.94. The Balaban J connectivity index is 0.00000109. The number of benzene rings is 2. The van der Waals surface area contributed by atoms with Crippen LogP contribution in [0.15, 0.2) is 42.5 Å². The number of aromatic amines is 1. The van der Waals surface area contributed by atoms with E-state index in [2.05, 4.69) is 16.3 Å². The second-order valence-electron chi connectivity index (χ2n) is 5.41. The maximum Gasteiger partial charge on any atom is 0.200 e. The van der Waals surface area contributed by atoms with Crippen molar-refractivity contribution in [3.05, 3.63) is 63.9 Å². The summed E-state index contributed by atoms with van der Waals surface area (Å²) in [5.41, 5.74) is 4.77. The minimum atomic E-state index is 0.545. The average Bonchev–Trinajstić information content (AvgIpc) is 3.04. The van der Waals surface area contributed by atoms with Crippen LogP contribution < -0.4 is 0 Å². The van der Waals surface area contributed by atoms with Crippen LogP contribution in [0.2, 0.25) is 0 Å². The molecule has 0 saturated carbocycles. The molecule has 0 aliphatic carbocycles. The van der Waals surface area contributed by atoms with Gasteiger partial charge in [0.1, 0.15) is 6.29 Å². The van der Waals surface area contributed by atoms with Crippen LogP contribution in [-0.2, 0) is 6.42 Å². The van der Waals surface area contributed by atoms with Gasteiger partial charge >= 0.3 is 0 Å². The SMILES string of the molecule is CC.CCc1cc(-c2n[nH]c(=S)n2-c2cccc(C)c2)ccc1C=O. The van der Waals surface area contributed by atoms with Crippen molar-refractivity contribution in [2.24, 2.45) is 0 Å². The summed E-state index contributed by atoms with van der Waals surface area (Å²) in [6, 6.07) is 13.8. The van der Waals surface area contributed by atoms with Gasteiger partial charge in [-0.25, -0.2) is 0 Å². The lowest BCUT2D eigenvalue weighted by Gasteiger charge is -2.09. The summed E-state index contributed by atoms with van der Waals surface area (Å²) in [6.45, 7) is 8.07. The van der Waals surface area contributed by atoms with E-state index in [9.17, 15) is 4.79 Å². The number of carbonyl (C=O) groups is 1. The topological polar surface area (TPSA) is 50.7 Å². The molecule has 0 aliphatic rings. The van der Waals surface area contributed by atoms with Crippen LogP contribution in [-0.4, -0.2) is 21.1 Å². The fraction of sp³-hybridized carbons (Fsp3) is 0.250. The Morgan fingerprint density at radius 2 is 1.96 bits per heavy atom. The zero-order valence-electron chi connectivity index (χ0n) is 15.0. The first-order valence-corrected chi connectivity index (χ1v) is 8.87. The molecule has 3 rings (SSSR count). The van der Waals surface area contributed by atoms with Crippen molar-refractivity contribution in [1.82, 2.24) is 14.8 Å². The smallest absolute Gasteiger partial charge is 0.200 e. The molecular formula is C20H23N3OS. The van der Waals surface area contributed by atoms with Gasteiger partial charge in [-0.1, -0.05) is 45.0 Å². The van der Waals surface area contributed by atoms with Crippen LogP contribution in [0, 0.1) is 11.7 Å². The molecule has 1 heterocycles. The summed E-state index contributed by atoms with van der Waals surface area (Å²) in [7, 11) is 0. The molecule has 130 valence electrons. The van der Waals surface area contributed by atoms with Crippen molar-refractivity contribution in [1.29, 1.82) is 0 Å². The van der Waals surface area contributed by atoms with E-state index in [1.54, 1.807) is 0 Å².